The molecule has 0 spiro atoms. The molecular weight excluding hydrogens is 470 g/mol. The molecule has 0 aromatic heterocycles. The smallest absolute Gasteiger partial charge is 0.326 e. The van der Waals surface area contributed by atoms with Crippen LogP contribution in [-0.2, 0) is 28.8 Å². The molecule has 0 aliphatic rings. The Morgan fingerprint density at radius 3 is 1.76 bits per heavy atom. The molecule has 0 aliphatic heterocycles. The van der Waals surface area contributed by atoms with Crippen molar-refractivity contribution in [3.8, 4) is 0 Å². The largest absolute Gasteiger partial charge is 0.480 e. The molecule has 0 heterocycles. The summed E-state index contributed by atoms with van der Waals surface area (Å²) in [5, 5.41) is 16.4. The zero-order valence-electron chi connectivity index (χ0n) is 19.1. The molecule has 4 unspecified atom stereocenters. The number of hydrogen-bond donors (Lipinski definition) is 8. The Bertz CT molecular complexity index is 738. The number of unbranched alkanes of at least 4 members (excludes halogenated alkanes) is 1. The van der Waals surface area contributed by atoms with E-state index in [-0.39, 0.29) is 12.8 Å². The van der Waals surface area contributed by atoms with Crippen LogP contribution in [0.15, 0.2) is 0 Å². The van der Waals surface area contributed by atoms with Crippen LogP contribution in [0.1, 0.15) is 38.5 Å². The minimum absolute atomic E-state index is 0.145. The van der Waals surface area contributed by atoms with E-state index in [9.17, 15) is 33.9 Å². The Balaban J connectivity index is 5.49. The average Bonchev–Trinajstić information content (AvgIpc) is 2.74. The van der Waals surface area contributed by atoms with E-state index < -0.39 is 72.5 Å². The summed E-state index contributed by atoms with van der Waals surface area (Å²) >= 11 is 1.39. The SMILES string of the molecule is CSCCC(NC(=O)C(CCCCN)NC(=O)C(N)CC(N)=O)C(=O)NC(CC(N)=O)C(=O)O. The number of primary amides is 2. The first kappa shape index (κ1) is 31.1. The van der Waals surface area contributed by atoms with Crippen molar-refractivity contribution in [2.45, 2.75) is 62.7 Å². The molecule has 12 N–H and O–H groups in total. The Morgan fingerprint density at radius 1 is 0.794 bits per heavy atom. The van der Waals surface area contributed by atoms with Gasteiger partial charge in [-0.2, -0.15) is 11.8 Å². The molecule has 0 aromatic rings. The predicted molar refractivity (Wildman–Crippen MR) is 125 cm³/mol. The Hall–Kier alpha value is -2.91. The van der Waals surface area contributed by atoms with Gasteiger partial charge >= 0.3 is 5.97 Å². The van der Waals surface area contributed by atoms with Crippen molar-refractivity contribution in [3.05, 3.63) is 0 Å². The van der Waals surface area contributed by atoms with Gasteiger partial charge in [-0.1, -0.05) is 0 Å². The first-order valence-electron chi connectivity index (χ1n) is 10.6. The summed E-state index contributed by atoms with van der Waals surface area (Å²) < 4.78 is 0. The van der Waals surface area contributed by atoms with Gasteiger partial charge in [-0.15, -0.1) is 0 Å². The number of amides is 5. The van der Waals surface area contributed by atoms with E-state index in [1.54, 1.807) is 6.26 Å². The standard InChI is InChI=1S/C19H35N7O7S/c1-34-7-5-12(18(31)26-13(19(32)33)9-15(23)28)25-17(30)11(4-2-3-6-20)24-16(29)10(21)8-14(22)27/h10-13H,2-9,20-21H2,1H3,(H2,22,27)(H2,23,28)(H,24,29)(H,25,30)(H,26,31)(H,32,33). The molecule has 194 valence electrons. The summed E-state index contributed by atoms with van der Waals surface area (Å²) in [5.41, 5.74) is 21.2. The number of carboxylic acids is 1. The fraction of sp³-hybridized carbons (Fsp3) is 0.684. The molecule has 0 bridgehead atoms. The van der Waals surface area contributed by atoms with Crippen molar-refractivity contribution in [1.82, 2.24) is 16.0 Å². The second kappa shape index (κ2) is 16.7. The third-order valence-corrected chi connectivity index (χ3v) is 5.25. The zero-order chi connectivity index (χ0) is 26.3. The van der Waals surface area contributed by atoms with E-state index in [2.05, 4.69) is 16.0 Å². The van der Waals surface area contributed by atoms with Crippen molar-refractivity contribution < 1.29 is 33.9 Å². The van der Waals surface area contributed by atoms with Crippen molar-refractivity contribution in [2.24, 2.45) is 22.9 Å². The fourth-order valence-electron chi connectivity index (χ4n) is 2.80. The molecule has 14 nitrogen and oxygen atoms in total. The highest BCUT2D eigenvalue weighted by atomic mass is 32.2. The van der Waals surface area contributed by atoms with Gasteiger partial charge in [0.25, 0.3) is 0 Å². The molecule has 0 aromatic carbocycles. The maximum absolute atomic E-state index is 12.9. The summed E-state index contributed by atoms with van der Waals surface area (Å²) in [7, 11) is 0. The fourth-order valence-corrected chi connectivity index (χ4v) is 3.27. The molecule has 0 radical (unpaired) electrons. The number of rotatable bonds is 18. The number of hydrogen-bond acceptors (Lipinski definition) is 9. The van der Waals surface area contributed by atoms with Gasteiger partial charge < -0.3 is 44.0 Å². The molecule has 0 fully saturated rings. The number of carboxylic acid groups (broad SMARTS) is 1. The van der Waals surface area contributed by atoms with Crippen molar-refractivity contribution in [2.75, 3.05) is 18.6 Å². The van der Waals surface area contributed by atoms with E-state index in [1.807, 2.05) is 0 Å². The van der Waals surface area contributed by atoms with E-state index in [0.29, 0.717) is 25.1 Å². The van der Waals surface area contributed by atoms with Crippen LogP contribution in [0.4, 0.5) is 0 Å². The van der Waals surface area contributed by atoms with Gasteiger partial charge in [0.1, 0.15) is 18.1 Å². The second-order valence-electron chi connectivity index (χ2n) is 7.54. The second-order valence-corrected chi connectivity index (χ2v) is 8.52. The molecular formula is C19H35N7O7S. The van der Waals surface area contributed by atoms with Gasteiger partial charge in [0.05, 0.1) is 18.9 Å². The normalized spacial score (nSPS) is 14.2. The van der Waals surface area contributed by atoms with E-state index in [0.717, 1.165) is 0 Å². The number of thioether (sulfide) groups is 1. The zero-order valence-corrected chi connectivity index (χ0v) is 19.9. The lowest BCUT2D eigenvalue weighted by atomic mass is 10.1. The quantitative estimate of drug-likeness (QED) is 0.0851. The van der Waals surface area contributed by atoms with Crippen LogP contribution in [0.5, 0.6) is 0 Å². The van der Waals surface area contributed by atoms with Crippen LogP contribution in [0, 0.1) is 0 Å². The van der Waals surface area contributed by atoms with Crippen LogP contribution in [0.3, 0.4) is 0 Å². The predicted octanol–water partition coefficient (Wildman–Crippen LogP) is -3.51. The van der Waals surface area contributed by atoms with Crippen molar-refractivity contribution >= 4 is 47.3 Å². The van der Waals surface area contributed by atoms with E-state index in [1.165, 1.54) is 11.8 Å². The van der Waals surface area contributed by atoms with Gasteiger partial charge in [-0.25, -0.2) is 4.79 Å². The van der Waals surface area contributed by atoms with Gasteiger partial charge in [0, 0.05) is 0 Å². The van der Waals surface area contributed by atoms with Gasteiger partial charge in [0.15, 0.2) is 0 Å². The highest BCUT2D eigenvalue weighted by Gasteiger charge is 2.30. The molecule has 0 rings (SSSR count). The summed E-state index contributed by atoms with van der Waals surface area (Å²) in [4.78, 5) is 71.4. The van der Waals surface area contributed by atoms with Crippen LogP contribution in [0.2, 0.25) is 0 Å². The number of carbonyl (C=O) groups excluding carboxylic acids is 5. The van der Waals surface area contributed by atoms with Crippen LogP contribution in [-0.4, -0.2) is 83.3 Å². The number of carbonyl (C=O) groups is 6. The highest BCUT2D eigenvalue weighted by molar-refractivity contribution is 7.98. The first-order valence-corrected chi connectivity index (χ1v) is 12.0. The summed E-state index contributed by atoms with van der Waals surface area (Å²) in [6.45, 7) is 0.360. The number of nitrogens with two attached hydrogens (primary N) is 4. The van der Waals surface area contributed by atoms with Crippen LogP contribution < -0.4 is 38.9 Å². The van der Waals surface area contributed by atoms with Gasteiger partial charge in [-0.05, 0) is 44.2 Å². The van der Waals surface area contributed by atoms with Crippen LogP contribution in [0.25, 0.3) is 0 Å². The lowest BCUT2D eigenvalue weighted by Crippen LogP contribution is -2.57. The summed E-state index contributed by atoms with van der Waals surface area (Å²) in [5.74, 6) is -5.04. The molecule has 15 heteroatoms. The topological polar surface area (TPSA) is 263 Å². The third kappa shape index (κ3) is 13.0. The monoisotopic (exact) mass is 505 g/mol. The Morgan fingerprint density at radius 2 is 1.29 bits per heavy atom. The van der Waals surface area contributed by atoms with Crippen molar-refractivity contribution in [1.29, 1.82) is 0 Å². The van der Waals surface area contributed by atoms with Gasteiger partial charge in [0.2, 0.25) is 29.5 Å². The molecule has 4 atom stereocenters. The van der Waals surface area contributed by atoms with Crippen LogP contribution >= 0.6 is 11.8 Å². The Labute approximate surface area is 201 Å². The van der Waals surface area contributed by atoms with Gasteiger partial charge in [-0.3, -0.25) is 24.0 Å². The number of aliphatic carboxylic acids is 1. The third-order valence-electron chi connectivity index (χ3n) is 4.60. The lowest BCUT2D eigenvalue weighted by Gasteiger charge is -2.25. The Kier molecular flexibility index (Phi) is 15.2. The summed E-state index contributed by atoms with van der Waals surface area (Å²) in [6, 6.07) is -5.07. The van der Waals surface area contributed by atoms with E-state index >= 15 is 0 Å². The first-order chi connectivity index (χ1) is 15.9. The molecule has 0 aliphatic carbocycles. The average molecular weight is 506 g/mol. The molecule has 34 heavy (non-hydrogen) atoms. The molecule has 0 saturated carbocycles. The molecule has 0 saturated heterocycles. The minimum atomic E-state index is -1.56. The minimum Gasteiger partial charge on any atom is -0.480 e. The maximum Gasteiger partial charge on any atom is 0.326 e. The van der Waals surface area contributed by atoms with Crippen molar-refractivity contribution in [3.63, 3.8) is 0 Å². The highest BCUT2D eigenvalue weighted by Crippen LogP contribution is 2.07. The molecule has 5 amide bonds. The maximum atomic E-state index is 12.9. The van der Waals surface area contributed by atoms with E-state index in [4.69, 9.17) is 22.9 Å². The summed E-state index contributed by atoms with van der Waals surface area (Å²) in [6.07, 6.45) is 2.09. The lowest BCUT2D eigenvalue weighted by molar-refractivity contribution is -0.143. The number of nitrogens with one attached hydrogen (secondary N) is 3.